The van der Waals surface area contributed by atoms with E-state index in [4.69, 9.17) is 4.74 Å². The van der Waals surface area contributed by atoms with Gasteiger partial charge in [-0.05, 0) is 26.7 Å². The molecule has 0 aromatic rings. The Kier molecular flexibility index (Phi) is 6.35. The highest BCUT2D eigenvalue weighted by molar-refractivity contribution is 4.77. The summed E-state index contributed by atoms with van der Waals surface area (Å²) in [6.07, 6.45) is 3.91. The van der Waals surface area contributed by atoms with Crippen LogP contribution in [-0.2, 0) is 4.74 Å². The fourth-order valence-electron chi connectivity index (χ4n) is 1.52. The lowest BCUT2D eigenvalue weighted by atomic mass is 9.94. The molecule has 0 amide bonds. The summed E-state index contributed by atoms with van der Waals surface area (Å²) in [5.41, 5.74) is -0.590. The van der Waals surface area contributed by atoms with Crippen LogP contribution in [0.4, 0.5) is 0 Å². The van der Waals surface area contributed by atoms with E-state index in [1.54, 1.807) is 0 Å². The first-order valence-electron chi connectivity index (χ1n) is 5.38. The predicted octanol–water partition coefficient (Wildman–Crippen LogP) is 2.74. The van der Waals surface area contributed by atoms with Crippen molar-refractivity contribution in [2.75, 3.05) is 6.61 Å². The summed E-state index contributed by atoms with van der Waals surface area (Å²) in [5.74, 6) is 0. The first-order chi connectivity index (χ1) is 6.04. The average Bonchev–Trinajstić information content (AvgIpc) is 2.02. The molecule has 0 aliphatic carbocycles. The minimum atomic E-state index is -0.590. The van der Waals surface area contributed by atoms with Gasteiger partial charge < -0.3 is 9.84 Å². The molecule has 0 aromatic heterocycles. The Morgan fingerprint density at radius 3 is 1.92 bits per heavy atom. The quantitative estimate of drug-likeness (QED) is 0.665. The van der Waals surface area contributed by atoms with E-state index in [1.807, 2.05) is 13.8 Å². The largest absolute Gasteiger partial charge is 0.387 e. The molecule has 0 saturated carbocycles. The smallest absolute Gasteiger partial charge is 0.0880 e. The van der Waals surface area contributed by atoms with Crippen LogP contribution in [0, 0.1) is 0 Å². The van der Waals surface area contributed by atoms with Crippen molar-refractivity contribution in [2.24, 2.45) is 0 Å². The first kappa shape index (κ1) is 12.9. The maximum Gasteiger partial charge on any atom is 0.0880 e. The lowest BCUT2D eigenvalue weighted by molar-refractivity contribution is -0.0743. The lowest BCUT2D eigenvalue weighted by Crippen LogP contribution is -2.35. The Balaban J connectivity index is 3.91. The zero-order chi connectivity index (χ0) is 10.3. The molecule has 13 heavy (non-hydrogen) atoms. The van der Waals surface area contributed by atoms with Gasteiger partial charge in [-0.2, -0.15) is 0 Å². The van der Waals surface area contributed by atoms with Crippen molar-refractivity contribution in [2.45, 2.75) is 65.1 Å². The van der Waals surface area contributed by atoms with E-state index in [9.17, 15) is 5.11 Å². The maximum atomic E-state index is 10.1. The molecule has 0 bridgehead atoms. The molecule has 0 aromatic carbocycles. The van der Waals surface area contributed by atoms with Crippen LogP contribution in [0.3, 0.4) is 0 Å². The number of hydrogen-bond donors (Lipinski definition) is 1. The number of rotatable bonds is 7. The second-order valence-electron chi connectivity index (χ2n) is 4.08. The Morgan fingerprint density at radius 2 is 1.62 bits per heavy atom. The summed E-state index contributed by atoms with van der Waals surface area (Å²) in [5, 5.41) is 10.1. The van der Waals surface area contributed by atoms with E-state index >= 15 is 0 Å². The Bertz CT molecular complexity index is 115. The highest BCUT2D eigenvalue weighted by Gasteiger charge is 2.25. The molecular formula is C11H24O2. The molecule has 0 aliphatic heterocycles. The molecule has 0 spiro atoms. The van der Waals surface area contributed by atoms with Crippen LogP contribution in [-0.4, -0.2) is 23.4 Å². The van der Waals surface area contributed by atoms with Gasteiger partial charge in [-0.1, -0.05) is 26.7 Å². The highest BCUT2D eigenvalue weighted by Crippen LogP contribution is 2.20. The molecule has 0 heterocycles. The van der Waals surface area contributed by atoms with Crippen LogP contribution in [0.2, 0.25) is 0 Å². The molecular weight excluding hydrogens is 164 g/mol. The molecule has 0 rings (SSSR count). The van der Waals surface area contributed by atoms with Gasteiger partial charge >= 0.3 is 0 Å². The Morgan fingerprint density at radius 1 is 1.15 bits per heavy atom. The van der Waals surface area contributed by atoms with Crippen molar-refractivity contribution < 1.29 is 9.84 Å². The second kappa shape index (κ2) is 6.39. The number of hydrogen-bond acceptors (Lipinski definition) is 2. The predicted molar refractivity (Wildman–Crippen MR) is 55.9 cm³/mol. The minimum Gasteiger partial charge on any atom is -0.387 e. The van der Waals surface area contributed by atoms with Crippen molar-refractivity contribution in [1.82, 2.24) is 0 Å². The topological polar surface area (TPSA) is 29.5 Å². The molecule has 0 fully saturated rings. The fourth-order valence-corrected chi connectivity index (χ4v) is 1.52. The van der Waals surface area contributed by atoms with E-state index in [0.29, 0.717) is 6.61 Å². The summed E-state index contributed by atoms with van der Waals surface area (Å²) in [6, 6.07) is 0. The van der Waals surface area contributed by atoms with Crippen molar-refractivity contribution in [1.29, 1.82) is 0 Å². The van der Waals surface area contributed by atoms with E-state index in [1.165, 1.54) is 0 Å². The Hall–Kier alpha value is -0.0800. The first-order valence-corrected chi connectivity index (χ1v) is 5.38. The molecule has 2 heteroatoms. The molecule has 0 radical (unpaired) electrons. The molecule has 80 valence electrons. The van der Waals surface area contributed by atoms with Gasteiger partial charge in [0.2, 0.25) is 0 Å². The van der Waals surface area contributed by atoms with Gasteiger partial charge in [-0.15, -0.1) is 0 Å². The van der Waals surface area contributed by atoms with E-state index in [0.717, 1.165) is 25.7 Å². The summed E-state index contributed by atoms with van der Waals surface area (Å²) < 4.78 is 5.46. The third kappa shape index (κ3) is 6.05. The molecule has 2 nitrogen and oxygen atoms in total. The van der Waals surface area contributed by atoms with Crippen LogP contribution in [0.25, 0.3) is 0 Å². The average molecular weight is 188 g/mol. The van der Waals surface area contributed by atoms with E-state index < -0.39 is 5.60 Å². The third-order valence-electron chi connectivity index (χ3n) is 2.12. The van der Waals surface area contributed by atoms with Gasteiger partial charge in [0.25, 0.3) is 0 Å². The van der Waals surface area contributed by atoms with Crippen LogP contribution >= 0.6 is 0 Å². The molecule has 0 unspecified atom stereocenters. The van der Waals surface area contributed by atoms with E-state index in [-0.39, 0.29) is 6.10 Å². The van der Waals surface area contributed by atoms with Crippen molar-refractivity contribution >= 4 is 0 Å². The molecule has 1 N–H and O–H groups in total. The normalized spacial score (nSPS) is 12.5. The highest BCUT2D eigenvalue weighted by atomic mass is 16.5. The van der Waals surface area contributed by atoms with Crippen molar-refractivity contribution in [3.8, 4) is 0 Å². The van der Waals surface area contributed by atoms with Gasteiger partial charge in [0, 0.05) is 0 Å². The standard InChI is InChI=1S/C11H24O2/c1-5-7-11(12,8-6-2)9-13-10(3)4/h10,12H,5-9H2,1-4H3. The zero-order valence-electron chi connectivity index (χ0n) is 9.47. The fraction of sp³-hybridized carbons (Fsp3) is 1.00. The van der Waals surface area contributed by atoms with Crippen LogP contribution in [0.1, 0.15) is 53.4 Å². The van der Waals surface area contributed by atoms with E-state index in [2.05, 4.69) is 13.8 Å². The lowest BCUT2D eigenvalue weighted by Gasteiger charge is -2.28. The molecule has 0 atom stereocenters. The monoisotopic (exact) mass is 188 g/mol. The summed E-state index contributed by atoms with van der Waals surface area (Å²) in [7, 11) is 0. The van der Waals surface area contributed by atoms with Crippen LogP contribution < -0.4 is 0 Å². The van der Waals surface area contributed by atoms with Crippen molar-refractivity contribution in [3.05, 3.63) is 0 Å². The summed E-state index contributed by atoms with van der Waals surface area (Å²) >= 11 is 0. The van der Waals surface area contributed by atoms with Gasteiger partial charge in [0.05, 0.1) is 18.3 Å². The summed E-state index contributed by atoms with van der Waals surface area (Å²) in [4.78, 5) is 0. The molecule has 0 aliphatic rings. The van der Waals surface area contributed by atoms with Gasteiger partial charge in [-0.3, -0.25) is 0 Å². The molecule has 0 saturated heterocycles. The van der Waals surface area contributed by atoms with Gasteiger partial charge in [0.1, 0.15) is 0 Å². The van der Waals surface area contributed by atoms with Crippen LogP contribution in [0.5, 0.6) is 0 Å². The maximum absolute atomic E-state index is 10.1. The zero-order valence-corrected chi connectivity index (χ0v) is 9.47. The second-order valence-corrected chi connectivity index (χ2v) is 4.08. The van der Waals surface area contributed by atoms with Crippen LogP contribution in [0.15, 0.2) is 0 Å². The minimum absolute atomic E-state index is 0.209. The number of aliphatic hydroxyl groups is 1. The Labute approximate surface area is 82.3 Å². The van der Waals surface area contributed by atoms with Crippen molar-refractivity contribution in [3.63, 3.8) is 0 Å². The number of ether oxygens (including phenoxy) is 1. The summed E-state index contributed by atoms with van der Waals surface area (Å²) in [6.45, 7) is 8.66. The third-order valence-corrected chi connectivity index (χ3v) is 2.12. The SMILES string of the molecule is CCCC(O)(CCC)COC(C)C. The van der Waals surface area contributed by atoms with Gasteiger partial charge in [0.15, 0.2) is 0 Å². The van der Waals surface area contributed by atoms with Gasteiger partial charge in [-0.25, -0.2) is 0 Å².